The smallest absolute Gasteiger partial charge is 0.305 e. The number of nitrogens with two attached hydrogens (primary N) is 1. The summed E-state index contributed by atoms with van der Waals surface area (Å²) < 4.78 is 18.0. The molecule has 0 unspecified atom stereocenters. The van der Waals surface area contributed by atoms with E-state index in [0.29, 0.717) is 0 Å². The molecule has 1 rings (SSSR count). The van der Waals surface area contributed by atoms with Gasteiger partial charge in [0.05, 0.1) is 18.0 Å². The van der Waals surface area contributed by atoms with Crippen LogP contribution in [0.4, 0.5) is 10.1 Å². The van der Waals surface area contributed by atoms with Crippen molar-refractivity contribution in [2.45, 2.75) is 6.42 Å². The zero-order chi connectivity index (χ0) is 12.1. The Morgan fingerprint density at radius 1 is 1.56 bits per heavy atom. The molecule has 0 atom stereocenters. The number of primary amides is 1. The van der Waals surface area contributed by atoms with Crippen LogP contribution in [-0.2, 0) is 4.79 Å². The zero-order valence-electron chi connectivity index (χ0n) is 8.18. The Labute approximate surface area is 90.0 Å². The van der Waals surface area contributed by atoms with Crippen LogP contribution in [0.2, 0.25) is 0 Å². The van der Waals surface area contributed by atoms with Gasteiger partial charge in [-0.1, -0.05) is 0 Å². The molecule has 1 amide bonds. The molecule has 86 valence electrons. The van der Waals surface area contributed by atoms with Crippen LogP contribution in [0.3, 0.4) is 0 Å². The van der Waals surface area contributed by atoms with E-state index in [9.17, 15) is 19.3 Å². The molecule has 1 aromatic carbocycles. The number of nitro benzene ring substituents is 1. The van der Waals surface area contributed by atoms with E-state index in [1.54, 1.807) is 0 Å². The predicted octanol–water partition coefficient (Wildman–Crippen LogP) is 0.988. The first-order valence-electron chi connectivity index (χ1n) is 4.35. The van der Waals surface area contributed by atoms with E-state index in [0.717, 1.165) is 12.1 Å². The maximum absolute atomic E-state index is 13.1. The number of hydrogen-bond acceptors (Lipinski definition) is 4. The normalized spacial score (nSPS) is 9.81. The van der Waals surface area contributed by atoms with Crippen molar-refractivity contribution in [3.05, 3.63) is 34.1 Å². The number of carbonyl (C=O) groups is 1. The first-order valence-corrected chi connectivity index (χ1v) is 4.35. The van der Waals surface area contributed by atoms with Crippen molar-refractivity contribution in [2.24, 2.45) is 5.73 Å². The summed E-state index contributed by atoms with van der Waals surface area (Å²) in [6.07, 6.45) is -0.00138. The van der Waals surface area contributed by atoms with Gasteiger partial charge in [-0.2, -0.15) is 4.39 Å². The summed E-state index contributed by atoms with van der Waals surface area (Å²) >= 11 is 0. The maximum Gasteiger partial charge on any atom is 0.305 e. The van der Waals surface area contributed by atoms with Gasteiger partial charge in [0.1, 0.15) is 5.75 Å². The minimum absolute atomic E-state index is 0.00138. The summed E-state index contributed by atoms with van der Waals surface area (Å²) in [5.41, 5.74) is 4.25. The summed E-state index contributed by atoms with van der Waals surface area (Å²) in [5, 5.41) is 10.3. The first-order chi connectivity index (χ1) is 7.50. The molecule has 2 N–H and O–H groups in total. The molecule has 0 aliphatic heterocycles. The molecule has 0 aromatic heterocycles. The van der Waals surface area contributed by atoms with Crippen LogP contribution in [0.15, 0.2) is 18.2 Å². The van der Waals surface area contributed by atoms with Crippen LogP contribution in [0, 0.1) is 15.9 Å². The molecule has 0 aliphatic rings. The van der Waals surface area contributed by atoms with E-state index in [4.69, 9.17) is 10.5 Å². The number of ether oxygens (including phenoxy) is 1. The molecule has 16 heavy (non-hydrogen) atoms. The Kier molecular flexibility index (Phi) is 3.76. The van der Waals surface area contributed by atoms with Gasteiger partial charge >= 0.3 is 5.69 Å². The first kappa shape index (κ1) is 11.9. The molecular formula is C9H9FN2O4. The van der Waals surface area contributed by atoms with Gasteiger partial charge in [0.15, 0.2) is 0 Å². The third kappa shape index (κ3) is 3.19. The van der Waals surface area contributed by atoms with Crippen LogP contribution in [-0.4, -0.2) is 17.4 Å². The molecule has 6 nitrogen and oxygen atoms in total. The summed E-state index contributed by atoms with van der Waals surface area (Å²) in [4.78, 5) is 19.8. The number of nitro groups is 1. The second-order valence-electron chi connectivity index (χ2n) is 2.94. The summed E-state index contributed by atoms with van der Waals surface area (Å²) in [7, 11) is 0. The van der Waals surface area contributed by atoms with Gasteiger partial charge in [-0.25, -0.2) is 0 Å². The molecule has 0 spiro atoms. The van der Waals surface area contributed by atoms with E-state index >= 15 is 0 Å². The van der Waals surface area contributed by atoms with Crippen molar-refractivity contribution in [2.75, 3.05) is 6.61 Å². The van der Waals surface area contributed by atoms with Gasteiger partial charge in [-0.05, 0) is 6.07 Å². The largest absolute Gasteiger partial charge is 0.493 e. The number of amides is 1. The summed E-state index contributed by atoms with van der Waals surface area (Å²) in [6, 6.07) is 3.14. The van der Waals surface area contributed by atoms with E-state index in [1.807, 2.05) is 0 Å². The van der Waals surface area contributed by atoms with Crippen LogP contribution in [0.1, 0.15) is 6.42 Å². The molecule has 0 radical (unpaired) electrons. The van der Waals surface area contributed by atoms with Crippen molar-refractivity contribution in [1.29, 1.82) is 0 Å². The van der Waals surface area contributed by atoms with Gasteiger partial charge < -0.3 is 10.5 Å². The van der Waals surface area contributed by atoms with Crippen molar-refractivity contribution < 1.29 is 18.8 Å². The topological polar surface area (TPSA) is 95.5 Å². The fraction of sp³-hybridized carbons (Fsp3) is 0.222. The second kappa shape index (κ2) is 5.06. The number of halogens is 1. The Hall–Kier alpha value is -2.18. The number of carbonyl (C=O) groups excluding carboxylic acids is 1. The standard InChI is InChI=1S/C9H9FN2O4/c10-7-5-6(16-4-3-9(11)13)1-2-8(7)12(14)15/h1-2,5H,3-4H2,(H2,11,13). The average Bonchev–Trinajstić information content (AvgIpc) is 2.16. The maximum atomic E-state index is 13.1. The monoisotopic (exact) mass is 228 g/mol. The molecule has 0 heterocycles. The Morgan fingerprint density at radius 2 is 2.25 bits per heavy atom. The van der Waals surface area contributed by atoms with Crippen molar-refractivity contribution >= 4 is 11.6 Å². The number of nitrogens with zero attached hydrogens (tertiary/aromatic N) is 1. The summed E-state index contributed by atoms with van der Waals surface area (Å²) in [5.74, 6) is -1.41. The van der Waals surface area contributed by atoms with Gasteiger partial charge in [0.25, 0.3) is 0 Å². The molecule has 1 aromatic rings. The lowest BCUT2D eigenvalue weighted by Crippen LogP contribution is -2.14. The molecule has 7 heteroatoms. The molecule has 0 fully saturated rings. The quantitative estimate of drug-likeness (QED) is 0.600. The molecular weight excluding hydrogens is 219 g/mol. The fourth-order valence-corrected chi connectivity index (χ4v) is 0.995. The molecule has 0 saturated carbocycles. The van der Waals surface area contributed by atoms with E-state index in [-0.39, 0.29) is 18.8 Å². The van der Waals surface area contributed by atoms with E-state index < -0.39 is 22.3 Å². The van der Waals surface area contributed by atoms with Gasteiger partial charge in [-0.15, -0.1) is 0 Å². The third-order valence-electron chi connectivity index (χ3n) is 1.73. The SMILES string of the molecule is NC(=O)CCOc1ccc([N+](=O)[O-])c(F)c1. The highest BCUT2D eigenvalue weighted by Crippen LogP contribution is 2.22. The van der Waals surface area contributed by atoms with Gasteiger partial charge in [0, 0.05) is 12.1 Å². The molecule has 0 saturated heterocycles. The third-order valence-corrected chi connectivity index (χ3v) is 1.73. The lowest BCUT2D eigenvalue weighted by Gasteiger charge is -2.04. The molecule has 0 aliphatic carbocycles. The average molecular weight is 228 g/mol. The van der Waals surface area contributed by atoms with E-state index in [2.05, 4.69) is 0 Å². The lowest BCUT2D eigenvalue weighted by atomic mass is 10.3. The predicted molar refractivity (Wildman–Crippen MR) is 52.4 cm³/mol. The van der Waals surface area contributed by atoms with Crippen molar-refractivity contribution in [3.8, 4) is 5.75 Å². The Balaban J connectivity index is 2.66. The Morgan fingerprint density at radius 3 is 2.75 bits per heavy atom. The Bertz CT molecular complexity index is 422. The summed E-state index contributed by atoms with van der Waals surface area (Å²) in [6.45, 7) is 0.00653. The van der Waals surface area contributed by atoms with Crippen LogP contribution >= 0.6 is 0 Å². The minimum atomic E-state index is -0.985. The zero-order valence-corrected chi connectivity index (χ0v) is 8.18. The van der Waals surface area contributed by atoms with Crippen LogP contribution in [0.5, 0.6) is 5.75 Å². The fourth-order valence-electron chi connectivity index (χ4n) is 0.995. The second-order valence-corrected chi connectivity index (χ2v) is 2.94. The van der Waals surface area contributed by atoms with Gasteiger partial charge in [-0.3, -0.25) is 14.9 Å². The number of hydrogen-bond donors (Lipinski definition) is 1. The van der Waals surface area contributed by atoms with Gasteiger partial charge in [0.2, 0.25) is 11.7 Å². The molecule has 0 bridgehead atoms. The highest BCUT2D eigenvalue weighted by molar-refractivity contribution is 5.73. The highest BCUT2D eigenvalue weighted by atomic mass is 19.1. The number of benzene rings is 1. The number of rotatable bonds is 5. The van der Waals surface area contributed by atoms with Crippen LogP contribution < -0.4 is 10.5 Å². The highest BCUT2D eigenvalue weighted by Gasteiger charge is 2.14. The van der Waals surface area contributed by atoms with Crippen LogP contribution in [0.25, 0.3) is 0 Å². The lowest BCUT2D eigenvalue weighted by molar-refractivity contribution is -0.387. The van der Waals surface area contributed by atoms with E-state index in [1.165, 1.54) is 6.07 Å². The van der Waals surface area contributed by atoms with Crippen molar-refractivity contribution in [3.63, 3.8) is 0 Å². The minimum Gasteiger partial charge on any atom is -0.493 e. The van der Waals surface area contributed by atoms with Crippen molar-refractivity contribution in [1.82, 2.24) is 0 Å².